The molecule has 0 radical (unpaired) electrons. The Morgan fingerprint density at radius 1 is 1.19 bits per heavy atom. The Morgan fingerprint density at radius 2 is 1.86 bits per heavy atom. The van der Waals surface area contributed by atoms with E-state index in [9.17, 15) is 9.90 Å². The van der Waals surface area contributed by atoms with Crippen LogP contribution in [0.4, 0.5) is 0 Å². The fourth-order valence-corrected chi connectivity index (χ4v) is 2.37. The fraction of sp³-hybridized carbons (Fsp3) is 0.188. The van der Waals surface area contributed by atoms with Gasteiger partial charge >= 0.3 is 0 Å². The number of carbonyl (C=O) groups excluding carboxylic acids is 1. The van der Waals surface area contributed by atoms with E-state index < -0.39 is 5.54 Å². The lowest BCUT2D eigenvalue weighted by Gasteiger charge is -2.29. The Kier molecular flexibility index (Phi) is 4.88. The highest BCUT2D eigenvalue weighted by atomic mass is 35.5. The largest absolute Gasteiger partial charge is 0.394 e. The number of carbonyl (C=O) groups is 1. The molecular formula is C16H15Cl2NO2. The molecular weight excluding hydrogens is 309 g/mol. The molecule has 1 unspecified atom stereocenters. The maximum absolute atomic E-state index is 12.4. The summed E-state index contributed by atoms with van der Waals surface area (Å²) >= 11 is 11.9. The van der Waals surface area contributed by atoms with E-state index in [0.717, 1.165) is 5.56 Å². The lowest BCUT2D eigenvalue weighted by atomic mass is 9.92. The molecule has 0 aliphatic heterocycles. The molecule has 0 aromatic heterocycles. The zero-order valence-electron chi connectivity index (χ0n) is 11.4. The molecule has 21 heavy (non-hydrogen) atoms. The summed E-state index contributed by atoms with van der Waals surface area (Å²) in [6, 6.07) is 13.9. The zero-order chi connectivity index (χ0) is 15.5. The molecule has 0 saturated heterocycles. The van der Waals surface area contributed by atoms with E-state index in [4.69, 9.17) is 23.2 Å². The minimum atomic E-state index is -0.899. The average Bonchev–Trinajstić information content (AvgIpc) is 2.50. The molecule has 2 aromatic rings. The van der Waals surface area contributed by atoms with Crippen molar-refractivity contribution in [1.82, 2.24) is 5.32 Å². The number of hydrogen-bond acceptors (Lipinski definition) is 2. The van der Waals surface area contributed by atoms with Crippen LogP contribution in [0.25, 0.3) is 0 Å². The third-order valence-electron chi connectivity index (χ3n) is 3.29. The molecule has 0 aliphatic carbocycles. The number of benzene rings is 2. The monoisotopic (exact) mass is 323 g/mol. The predicted octanol–water partition coefficient (Wildman–Crippen LogP) is 3.63. The molecule has 110 valence electrons. The van der Waals surface area contributed by atoms with Gasteiger partial charge in [0.05, 0.1) is 22.7 Å². The first-order chi connectivity index (χ1) is 9.96. The van der Waals surface area contributed by atoms with Crippen LogP contribution in [0.5, 0.6) is 0 Å². The van der Waals surface area contributed by atoms with Gasteiger partial charge in [0.25, 0.3) is 5.91 Å². The molecule has 0 saturated carbocycles. The highest BCUT2D eigenvalue weighted by molar-refractivity contribution is 6.35. The molecule has 0 bridgehead atoms. The first-order valence-electron chi connectivity index (χ1n) is 6.40. The van der Waals surface area contributed by atoms with E-state index >= 15 is 0 Å². The molecule has 5 heteroatoms. The summed E-state index contributed by atoms with van der Waals surface area (Å²) in [6.07, 6.45) is 0. The van der Waals surface area contributed by atoms with Crippen molar-refractivity contribution in [2.45, 2.75) is 12.5 Å². The van der Waals surface area contributed by atoms with Crippen molar-refractivity contribution < 1.29 is 9.90 Å². The van der Waals surface area contributed by atoms with Crippen molar-refractivity contribution in [3.63, 3.8) is 0 Å². The number of nitrogens with one attached hydrogen (secondary N) is 1. The van der Waals surface area contributed by atoms with Crippen molar-refractivity contribution in [2.75, 3.05) is 6.61 Å². The fourth-order valence-electron chi connectivity index (χ4n) is 2.00. The predicted molar refractivity (Wildman–Crippen MR) is 84.8 cm³/mol. The Hall–Kier alpha value is -1.55. The molecule has 1 atom stereocenters. The highest BCUT2D eigenvalue weighted by Crippen LogP contribution is 2.24. The number of rotatable bonds is 4. The first kappa shape index (κ1) is 15.8. The van der Waals surface area contributed by atoms with Crippen molar-refractivity contribution >= 4 is 29.1 Å². The average molecular weight is 324 g/mol. The second kappa shape index (κ2) is 6.48. The maximum Gasteiger partial charge on any atom is 0.253 e. The normalized spacial score (nSPS) is 13.5. The van der Waals surface area contributed by atoms with Gasteiger partial charge < -0.3 is 10.4 Å². The van der Waals surface area contributed by atoms with Crippen LogP contribution >= 0.6 is 23.2 Å². The lowest BCUT2D eigenvalue weighted by Crippen LogP contribution is -2.46. The van der Waals surface area contributed by atoms with Crippen molar-refractivity contribution in [3.05, 3.63) is 69.7 Å². The molecule has 3 nitrogen and oxygen atoms in total. The summed E-state index contributed by atoms with van der Waals surface area (Å²) in [5.41, 5.74) is 0.183. The van der Waals surface area contributed by atoms with Gasteiger partial charge in [-0.25, -0.2) is 0 Å². The summed E-state index contributed by atoms with van der Waals surface area (Å²) in [5, 5.41) is 13.2. The summed E-state index contributed by atoms with van der Waals surface area (Å²) in [6.45, 7) is 1.51. The lowest BCUT2D eigenvalue weighted by molar-refractivity contribution is 0.0850. The summed E-state index contributed by atoms with van der Waals surface area (Å²) in [7, 11) is 0. The van der Waals surface area contributed by atoms with E-state index in [1.54, 1.807) is 19.1 Å². The minimum absolute atomic E-state index is 0.235. The Morgan fingerprint density at radius 3 is 2.48 bits per heavy atom. The van der Waals surface area contributed by atoms with Crippen molar-refractivity contribution in [1.29, 1.82) is 0 Å². The zero-order valence-corrected chi connectivity index (χ0v) is 12.9. The molecule has 0 fully saturated rings. The Balaban J connectivity index is 2.30. The number of amides is 1. The van der Waals surface area contributed by atoms with Crippen molar-refractivity contribution in [2.24, 2.45) is 0 Å². The number of aliphatic hydroxyl groups is 1. The van der Waals surface area contributed by atoms with Gasteiger partial charge in [-0.2, -0.15) is 0 Å². The van der Waals surface area contributed by atoms with Crippen LogP contribution in [0.15, 0.2) is 48.5 Å². The smallest absolute Gasteiger partial charge is 0.253 e. The van der Waals surface area contributed by atoms with Gasteiger partial charge in [-0.05, 0) is 30.7 Å². The maximum atomic E-state index is 12.4. The van der Waals surface area contributed by atoms with Gasteiger partial charge in [0.1, 0.15) is 0 Å². The van der Waals surface area contributed by atoms with Gasteiger partial charge in [0.2, 0.25) is 0 Å². The third kappa shape index (κ3) is 3.56. The second-order valence-electron chi connectivity index (χ2n) is 4.93. The highest BCUT2D eigenvalue weighted by Gasteiger charge is 2.28. The minimum Gasteiger partial charge on any atom is -0.394 e. The van der Waals surface area contributed by atoms with Crippen LogP contribution in [0.3, 0.4) is 0 Å². The Bertz CT molecular complexity index is 646. The topological polar surface area (TPSA) is 49.3 Å². The third-order valence-corrected chi connectivity index (χ3v) is 3.85. The second-order valence-corrected chi connectivity index (χ2v) is 5.78. The van der Waals surface area contributed by atoms with Gasteiger partial charge in [-0.1, -0.05) is 53.5 Å². The van der Waals surface area contributed by atoms with E-state index in [1.165, 1.54) is 6.07 Å². The summed E-state index contributed by atoms with van der Waals surface area (Å²) in [5.74, 6) is -0.386. The first-order valence-corrected chi connectivity index (χ1v) is 7.16. The Labute approximate surface area is 133 Å². The number of halogens is 2. The van der Waals surface area contributed by atoms with Crippen LogP contribution in [0, 0.1) is 0 Å². The van der Waals surface area contributed by atoms with Crippen LogP contribution in [0.2, 0.25) is 10.0 Å². The van der Waals surface area contributed by atoms with Crippen LogP contribution in [-0.2, 0) is 5.54 Å². The van der Waals surface area contributed by atoms with Crippen molar-refractivity contribution in [3.8, 4) is 0 Å². The van der Waals surface area contributed by atoms with E-state index in [0.29, 0.717) is 10.0 Å². The van der Waals surface area contributed by atoms with Gasteiger partial charge in [-0.3, -0.25) is 4.79 Å². The molecule has 0 heterocycles. The molecule has 2 rings (SSSR count). The molecule has 2 N–H and O–H groups in total. The molecule has 2 aromatic carbocycles. The summed E-state index contributed by atoms with van der Waals surface area (Å²) < 4.78 is 0. The van der Waals surface area contributed by atoms with Gasteiger partial charge in [-0.15, -0.1) is 0 Å². The van der Waals surface area contributed by atoms with Crippen LogP contribution in [-0.4, -0.2) is 17.6 Å². The molecule has 1 amide bonds. The van der Waals surface area contributed by atoms with Gasteiger partial charge in [0.15, 0.2) is 0 Å². The SMILES string of the molecule is CC(CO)(NC(=O)c1cc(Cl)ccc1Cl)c1ccccc1. The quantitative estimate of drug-likeness (QED) is 0.902. The number of hydrogen-bond donors (Lipinski definition) is 2. The summed E-state index contributed by atoms with van der Waals surface area (Å²) in [4.78, 5) is 12.4. The van der Waals surface area contributed by atoms with Gasteiger partial charge in [0, 0.05) is 5.02 Å². The van der Waals surface area contributed by atoms with E-state index in [-0.39, 0.29) is 18.1 Å². The van der Waals surface area contributed by atoms with Crippen LogP contribution < -0.4 is 5.32 Å². The van der Waals surface area contributed by atoms with E-state index in [1.807, 2.05) is 30.3 Å². The number of aliphatic hydroxyl groups excluding tert-OH is 1. The standard InChI is InChI=1S/C16H15Cl2NO2/c1-16(10-20,11-5-3-2-4-6-11)19-15(21)13-9-12(17)7-8-14(13)18/h2-9,20H,10H2,1H3,(H,19,21). The molecule has 0 spiro atoms. The van der Waals surface area contributed by atoms with E-state index in [2.05, 4.69) is 5.32 Å². The molecule has 0 aliphatic rings. The van der Waals surface area contributed by atoms with Crippen LogP contribution in [0.1, 0.15) is 22.8 Å².